The van der Waals surface area contributed by atoms with Crippen molar-refractivity contribution in [2.45, 2.75) is 19.3 Å². The normalized spacial score (nSPS) is 11.1. The molecule has 1 N–H and O–H groups in total. The maximum Gasteiger partial charge on any atom is 0.303 e. The number of thiophene rings is 4. The summed E-state index contributed by atoms with van der Waals surface area (Å²) in [6.07, 6.45) is 1.78. The molecule has 0 atom stereocenters. The molecule has 26 heavy (non-hydrogen) atoms. The summed E-state index contributed by atoms with van der Waals surface area (Å²) in [6, 6.07) is 17.3. The van der Waals surface area contributed by atoms with Crippen molar-refractivity contribution in [3.05, 3.63) is 58.8 Å². The maximum atomic E-state index is 10.6. The monoisotopic (exact) mass is 416 g/mol. The summed E-state index contributed by atoms with van der Waals surface area (Å²) in [7, 11) is 0. The van der Waals surface area contributed by atoms with Gasteiger partial charge in [-0.2, -0.15) is 0 Å². The van der Waals surface area contributed by atoms with E-state index >= 15 is 0 Å². The summed E-state index contributed by atoms with van der Waals surface area (Å²) >= 11 is 7.21. The van der Waals surface area contributed by atoms with Crippen LogP contribution in [0.3, 0.4) is 0 Å². The largest absolute Gasteiger partial charge is 0.481 e. The topological polar surface area (TPSA) is 37.3 Å². The third-order valence-corrected chi connectivity index (χ3v) is 8.71. The minimum absolute atomic E-state index is 0.237. The number of rotatable bonds is 7. The summed E-state index contributed by atoms with van der Waals surface area (Å²) in [6.45, 7) is 0. The molecule has 0 bridgehead atoms. The first-order valence-corrected chi connectivity index (χ1v) is 11.6. The predicted octanol–water partition coefficient (Wildman–Crippen LogP) is 7.34. The SMILES string of the molecule is O=C(O)CCCc1ccc(-c2ccc(-c3ccc(-c4cccs4)s3)s2)s1. The number of hydrogen-bond acceptors (Lipinski definition) is 5. The van der Waals surface area contributed by atoms with Crippen LogP contribution < -0.4 is 0 Å². The number of carboxylic acid groups (broad SMARTS) is 1. The molecule has 0 aliphatic heterocycles. The summed E-state index contributed by atoms with van der Waals surface area (Å²) in [5.74, 6) is -0.720. The van der Waals surface area contributed by atoms with Gasteiger partial charge in [0.1, 0.15) is 0 Å². The molecule has 0 saturated carbocycles. The Morgan fingerprint density at radius 2 is 1.35 bits per heavy atom. The van der Waals surface area contributed by atoms with Gasteiger partial charge in [-0.3, -0.25) is 4.79 Å². The van der Waals surface area contributed by atoms with E-state index in [1.54, 1.807) is 22.7 Å². The molecule has 2 nitrogen and oxygen atoms in total. The lowest BCUT2D eigenvalue weighted by molar-refractivity contribution is -0.137. The van der Waals surface area contributed by atoms with Crippen LogP contribution in [-0.4, -0.2) is 11.1 Å². The van der Waals surface area contributed by atoms with Gasteiger partial charge in [-0.05, 0) is 60.7 Å². The first-order valence-electron chi connectivity index (χ1n) is 8.24. The number of aliphatic carboxylic acids is 1. The minimum atomic E-state index is -0.720. The van der Waals surface area contributed by atoms with Crippen molar-refractivity contribution in [1.82, 2.24) is 0 Å². The van der Waals surface area contributed by atoms with Gasteiger partial charge in [0.05, 0.1) is 0 Å². The van der Waals surface area contributed by atoms with Crippen LogP contribution in [0.4, 0.5) is 0 Å². The Hall–Kier alpha value is -1.73. The number of carbonyl (C=O) groups is 1. The third kappa shape index (κ3) is 3.99. The van der Waals surface area contributed by atoms with Crippen molar-refractivity contribution in [3.63, 3.8) is 0 Å². The molecule has 4 rings (SSSR count). The molecule has 0 unspecified atom stereocenters. The Bertz CT molecular complexity index is 1000. The van der Waals surface area contributed by atoms with E-state index in [-0.39, 0.29) is 6.42 Å². The molecule has 6 heteroatoms. The molecular weight excluding hydrogens is 400 g/mol. The van der Waals surface area contributed by atoms with Crippen LogP contribution in [-0.2, 0) is 11.2 Å². The van der Waals surface area contributed by atoms with Gasteiger partial charge in [0.25, 0.3) is 0 Å². The van der Waals surface area contributed by atoms with Crippen LogP contribution in [0.5, 0.6) is 0 Å². The average Bonchev–Trinajstić information content (AvgIpc) is 3.38. The van der Waals surface area contributed by atoms with Crippen molar-refractivity contribution in [2.24, 2.45) is 0 Å². The van der Waals surface area contributed by atoms with Gasteiger partial charge in [-0.25, -0.2) is 0 Å². The molecule has 0 aliphatic carbocycles. The van der Waals surface area contributed by atoms with E-state index in [0.717, 1.165) is 6.42 Å². The van der Waals surface area contributed by atoms with Crippen LogP contribution in [0.25, 0.3) is 29.3 Å². The van der Waals surface area contributed by atoms with Crippen molar-refractivity contribution in [3.8, 4) is 29.3 Å². The predicted molar refractivity (Wildman–Crippen MR) is 115 cm³/mol. The zero-order valence-electron chi connectivity index (χ0n) is 13.8. The highest BCUT2D eigenvalue weighted by atomic mass is 32.1. The molecule has 0 aromatic carbocycles. The second-order valence-corrected chi connectivity index (χ2v) is 10.1. The Labute approximate surface area is 168 Å². The molecule has 0 radical (unpaired) electrons. The lowest BCUT2D eigenvalue weighted by atomic mass is 10.2. The van der Waals surface area contributed by atoms with E-state index < -0.39 is 5.97 Å². The average molecular weight is 417 g/mol. The molecule has 4 heterocycles. The molecule has 0 saturated heterocycles. The summed E-state index contributed by atoms with van der Waals surface area (Å²) < 4.78 is 0. The van der Waals surface area contributed by atoms with Gasteiger partial charge >= 0.3 is 5.97 Å². The summed E-state index contributed by atoms with van der Waals surface area (Å²) in [4.78, 5) is 19.7. The molecule has 0 amide bonds. The summed E-state index contributed by atoms with van der Waals surface area (Å²) in [5.41, 5.74) is 0. The number of hydrogen-bond donors (Lipinski definition) is 1. The third-order valence-electron chi connectivity index (χ3n) is 3.94. The summed E-state index contributed by atoms with van der Waals surface area (Å²) in [5, 5.41) is 10.9. The van der Waals surface area contributed by atoms with E-state index in [2.05, 4.69) is 53.9 Å². The fourth-order valence-corrected chi connectivity index (χ4v) is 6.76. The van der Waals surface area contributed by atoms with Gasteiger partial charge < -0.3 is 5.11 Å². The van der Waals surface area contributed by atoms with Crippen LogP contribution in [0.15, 0.2) is 53.9 Å². The Kier molecular flexibility index (Phi) is 5.36. The molecular formula is C20H16O2S4. The van der Waals surface area contributed by atoms with Gasteiger partial charge in [0.15, 0.2) is 0 Å². The second kappa shape index (κ2) is 7.88. The van der Waals surface area contributed by atoms with E-state index in [0.29, 0.717) is 6.42 Å². The highest BCUT2D eigenvalue weighted by molar-refractivity contribution is 7.28. The Morgan fingerprint density at radius 3 is 1.92 bits per heavy atom. The lowest BCUT2D eigenvalue weighted by Crippen LogP contribution is -1.94. The number of aryl methyl sites for hydroxylation is 1. The van der Waals surface area contributed by atoms with Crippen LogP contribution >= 0.6 is 45.3 Å². The van der Waals surface area contributed by atoms with Crippen molar-refractivity contribution in [2.75, 3.05) is 0 Å². The minimum Gasteiger partial charge on any atom is -0.481 e. The van der Waals surface area contributed by atoms with Crippen LogP contribution in [0, 0.1) is 0 Å². The van der Waals surface area contributed by atoms with Crippen molar-refractivity contribution < 1.29 is 9.90 Å². The molecule has 4 aromatic heterocycles. The van der Waals surface area contributed by atoms with Crippen LogP contribution in [0.2, 0.25) is 0 Å². The lowest BCUT2D eigenvalue weighted by Gasteiger charge is -1.94. The number of carboxylic acids is 1. The fraction of sp³-hybridized carbons (Fsp3) is 0.150. The molecule has 4 aromatic rings. The van der Waals surface area contributed by atoms with E-state index in [4.69, 9.17) is 5.11 Å². The first kappa shape index (κ1) is 17.7. The maximum absolute atomic E-state index is 10.6. The smallest absolute Gasteiger partial charge is 0.303 e. The molecule has 132 valence electrons. The zero-order chi connectivity index (χ0) is 17.9. The zero-order valence-corrected chi connectivity index (χ0v) is 17.1. The highest BCUT2D eigenvalue weighted by Gasteiger charge is 2.11. The highest BCUT2D eigenvalue weighted by Crippen LogP contribution is 2.42. The Balaban J connectivity index is 1.48. The second-order valence-electron chi connectivity index (χ2n) is 5.82. The molecule has 0 fully saturated rings. The molecule has 0 spiro atoms. The molecule has 0 aliphatic rings. The van der Waals surface area contributed by atoms with E-state index in [1.807, 2.05) is 22.7 Å². The quantitative estimate of drug-likeness (QED) is 0.342. The van der Waals surface area contributed by atoms with E-state index in [1.165, 1.54) is 34.1 Å². The first-order chi connectivity index (χ1) is 12.7. The van der Waals surface area contributed by atoms with Crippen LogP contribution in [0.1, 0.15) is 17.7 Å². The standard InChI is InChI=1S/C20H16O2S4/c21-20(22)5-1-3-13-6-7-16(24-13)17-10-11-19(26-17)18-9-8-15(25-18)14-4-2-12-23-14/h2,4,6-12H,1,3,5H2,(H,21,22). The van der Waals surface area contributed by atoms with Crippen molar-refractivity contribution >= 4 is 51.3 Å². The van der Waals surface area contributed by atoms with Gasteiger partial charge in [-0.1, -0.05) is 6.07 Å². The van der Waals surface area contributed by atoms with Gasteiger partial charge in [0, 0.05) is 40.6 Å². The Morgan fingerprint density at radius 1 is 0.769 bits per heavy atom. The van der Waals surface area contributed by atoms with E-state index in [9.17, 15) is 4.79 Å². The van der Waals surface area contributed by atoms with Gasteiger partial charge in [0.2, 0.25) is 0 Å². The van der Waals surface area contributed by atoms with Crippen molar-refractivity contribution in [1.29, 1.82) is 0 Å². The van der Waals surface area contributed by atoms with Gasteiger partial charge in [-0.15, -0.1) is 45.3 Å². The fourth-order valence-electron chi connectivity index (χ4n) is 2.68.